The molecule has 33 heavy (non-hydrogen) atoms. The Bertz CT molecular complexity index is 1190. The number of hydrogen-bond donors (Lipinski definition) is 2. The van der Waals surface area contributed by atoms with E-state index in [1.165, 1.54) is 7.11 Å². The molecule has 6 nitrogen and oxygen atoms in total. The predicted octanol–water partition coefficient (Wildman–Crippen LogP) is 4.85. The number of fused-ring (bicyclic) bond motifs is 4. The van der Waals surface area contributed by atoms with Crippen molar-refractivity contribution in [2.24, 2.45) is 0 Å². The Morgan fingerprint density at radius 1 is 1.03 bits per heavy atom. The van der Waals surface area contributed by atoms with Gasteiger partial charge in [-0.15, -0.1) is 0 Å². The topological polar surface area (TPSA) is 84.9 Å². The maximum Gasteiger partial charge on any atom is 0.408 e. The minimum absolute atomic E-state index is 0.0948. The molecule has 1 atom stereocenters. The number of benzene rings is 3. The van der Waals surface area contributed by atoms with Gasteiger partial charge in [0.05, 0.1) is 7.11 Å². The van der Waals surface area contributed by atoms with E-state index in [1.807, 2.05) is 48.5 Å². The monoisotopic (exact) mass is 443 g/mol. The number of ether oxygens (including phenoxy) is 2. The van der Waals surface area contributed by atoms with Gasteiger partial charge in [0.1, 0.15) is 12.4 Å². The number of alkyl carbamates (subject to hydrolysis) is 1. The van der Waals surface area contributed by atoms with Crippen LogP contribution < -0.4 is 10.1 Å². The van der Waals surface area contributed by atoms with Gasteiger partial charge in [0.15, 0.2) is 5.54 Å². The van der Waals surface area contributed by atoms with Gasteiger partial charge in [-0.25, -0.2) is 9.59 Å². The van der Waals surface area contributed by atoms with Crippen LogP contribution in [0.1, 0.15) is 41.0 Å². The molecule has 3 aromatic carbocycles. The molecule has 0 saturated heterocycles. The van der Waals surface area contributed by atoms with E-state index in [1.54, 1.807) is 6.07 Å². The molecular formula is C27H25NO5. The van der Waals surface area contributed by atoms with E-state index in [0.29, 0.717) is 17.7 Å². The molecule has 1 unspecified atom stereocenters. The highest BCUT2D eigenvalue weighted by molar-refractivity contribution is 5.87. The second-order valence-electron chi connectivity index (χ2n) is 8.54. The van der Waals surface area contributed by atoms with Gasteiger partial charge in [-0.3, -0.25) is 0 Å². The smallest absolute Gasteiger partial charge is 0.408 e. The van der Waals surface area contributed by atoms with E-state index in [-0.39, 0.29) is 18.9 Å². The summed E-state index contributed by atoms with van der Waals surface area (Å²) in [7, 11) is 1.53. The Morgan fingerprint density at radius 2 is 1.70 bits per heavy atom. The molecule has 0 aliphatic heterocycles. The van der Waals surface area contributed by atoms with Gasteiger partial charge < -0.3 is 19.9 Å². The summed E-state index contributed by atoms with van der Waals surface area (Å²) in [5, 5.41) is 12.9. The second-order valence-corrected chi connectivity index (χ2v) is 8.54. The number of carbonyl (C=O) groups is 2. The summed E-state index contributed by atoms with van der Waals surface area (Å²) in [6.45, 7) is 0.126. The summed E-state index contributed by atoms with van der Waals surface area (Å²) in [4.78, 5) is 25.4. The highest BCUT2D eigenvalue weighted by Crippen LogP contribution is 2.44. The molecule has 2 aliphatic carbocycles. The van der Waals surface area contributed by atoms with Crippen molar-refractivity contribution in [1.82, 2.24) is 5.32 Å². The molecule has 0 bridgehead atoms. The minimum Gasteiger partial charge on any atom is -0.497 e. The molecule has 1 amide bonds. The van der Waals surface area contributed by atoms with Crippen LogP contribution in [-0.4, -0.2) is 30.9 Å². The fourth-order valence-corrected chi connectivity index (χ4v) is 5.19. The standard InChI is InChI=1S/C27H25NO5/c1-32-18-13-12-17-7-6-14-27(25(29)30,24(17)15-18)28-26(31)33-16-23-21-10-4-2-8-19(21)20-9-3-5-11-22(20)23/h2-5,8-13,15,23H,6-7,14,16H2,1H3,(H,28,31)(H,29,30). The lowest BCUT2D eigenvalue weighted by Gasteiger charge is -2.36. The molecule has 0 heterocycles. The SMILES string of the molecule is COc1ccc2c(c1)C(NC(=O)OCC1c3ccccc3-c3ccccc31)(C(=O)O)CCC2. The van der Waals surface area contributed by atoms with E-state index in [9.17, 15) is 14.7 Å². The van der Waals surface area contributed by atoms with E-state index < -0.39 is 17.6 Å². The Morgan fingerprint density at radius 3 is 2.33 bits per heavy atom. The number of hydrogen-bond acceptors (Lipinski definition) is 4. The summed E-state index contributed by atoms with van der Waals surface area (Å²) >= 11 is 0. The minimum atomic E-state index is -1.55. The molecule has 0 radical (unpaired) electrons. The highest BCUT2D eigenvalue weighted by atomic mass is 16.5. The quantitative estimate of drug-likeness (QED) is 0.589. The van der Waals surface area contributed by atoms with Crippen LogP contribution in [0.2, 0.25) is 0 Å². The van der Waals surface area contributed by atoms with Crippen LogP contribution in [-0.2, 0) is 21.5 Å². The first-order valence-electron chi connectivity index (χ1n) is 11.1. The number of rotatable bonds is 5. The highest BCUT2D eigenvalue weighted by Gasteiger charge is 2.46. The number of carbonyl (C=O) groups excluding carboxylic acids is 1. The van der Waals surface area contributed by atoms with Crippen molar-refractivity contribution in [3.05, 3.63) is 89.0 Å². The van der Waals surface area contributed by atoms with Crippen LogP contribution in [0, 0.1) is 0 Å². The lowest BCUT2D eigenvalue weighted by Crippen LogP contribution is -2.54. The summed E-state index contributed by atoms with van der Waals surface area (Å²) in [5.41, 5.74) is 4.37. The van der Waals surface area contributed by atoms with Gasteiger partial charge in [-0.05, 0) is 64.8 Å². The molecular weight excluding hydrogens is 418 g/mol. The molecule has 2 aliphatic rings. The fourth-order valence-electron chi connectivity index (χ4n) is 5.19. The first-order valence-corrected chi connectivity index (χ1v) is 11.1. The Hall–Kier alpha value is -3.80. The normalized spacial score (nSPS) is 18.6. The van der Waals surface area contributed by atoms with Gasteiger partial charge >= 0.3 is 12.1 Å². The molecule has 168 valence electrons. The third-order valence-corrected chi connectivity index (χ3v) is 6.80. The summed E-state index contributed by atoms with van der Waals surface area (Å²) < 4.78 is 10.9. The number of carboxylic acids is 1. The van der Waals surface area contributed by atoms with Crippen LogP contribution in [0.3, 0.4) is 0 Å². The third-order valence-electron chi connectivity index (χ3n) is 6.80. The molecule has 0 aromatic heterocycles. The molecule has 0 saturated carbocycles. The van der Waals surface area contributed by atoms with Gasteiger partial charge in [0.25, 0.3) is 0 Å². The first-order chi connectivity index (χ1) is 16.0. The van der Waals surface area contributed by atoms with Crippen LogP contribution in [0.4, 0.5) is 4.79 Å². The van der Waals surface area contributed by atoms with Gasteiger partial charge in [0.2, 0.25) is 0 Å². The maximum absolute atomic E-state index is 12.9. The third kappa shape index (κ3) is 3.52. The number of amides is 1. The van der Waals surface area contributed by atoms with Crippen molar-refractivity contribution in [3.63, 3.8) is 0 Å². The zero-order valence-electron chi connectivity index (χ0n) is 18.3. The maximum atomic E-state index is 12.9. The van der Waals surface area contributed by atoms with Crippen molar-refractivity contribution in [2.75, 3.05) is 13.7 Å². The zero-order valence-corrected chi connectivity index (χ0v) is 18.3. The van der Waals surface area contributed by atoms with E-state index >= 15 is 0 Å². The summed E-state index contributed by atoms with van der Waals surface area (Å²) in [6, 6.07) is 21.6. The summed E-state index contributed by atoms with van der Waals surface area (Å²) in [5.74, 6) is -0.650. The molecule has 3 aromatic rings. The summed E-state index contributed by atoms with van der Waals surface area (Å²) in [6.07, 6.45) is 0.942. The zero-order chi connectivity index (χ0) is 23.0. The molecule has 5 rings (SSSR count). The largest absolute Gasteiger partial charge is 0.497 e. The van der Waals surface area contributed by atoms with Crippen molar-refractivity contribution >= 4 is 12.1 Å². The van der Waals surface area contributed by atoms with Gasteiger partial charge in [-0.2, -0.15) is 0 Å². The van der Waals surface area contributed by atoms with Crippen LogP contribution in [0.25, 0.3) is 11.1 Å². The lowest BCUT2D eigenvalue weighted by molar-refractivity contribution is -0.145. The van der Waals surface area contributed by atoms with Crippen molar-refractivity contribution in [2.45, 2.75) is 30.7 Å². The van der Waals surface area contributed by atoms with E-state index in [4.69, 9.17) is 9.47 Å². The van der Waals surface area contributed by atoms with E-state index in [0.717, 1.165) is 34.2 Å². The Balaban J connectivity index is 1.39. The molecule has 6 heteroatoms. The lowest BCUT2D eigenvalue weighted by atomic mass is 9.76. The Kier molecular flexibility index (Phi) is 5.29. The average Bonchev–Trinajstić information content (AvgIpc) is 3.16. The van der Waals surface area contributed by atoms with Crippen LogP contribution >= 0.6 is 0 Å². The van der Waals surface area contributed by atoms with Crippen molar-refractivity contribution in [3.8, 4) is 16.9 Å². The second kappa shape index (κ2) is 8.28. The number of aliphatic carboxylic acids is 1. The molecule has 2 N–H and O–H groups in total. The Labute approximate surface area is 192 Å². The number of carboxylic acid groups (broad SMARTS) is 1. The predicted molar refractivity (Wildman–Crippen MR) is 123 cm³/mol. The average molecular weight is 443 g/mol. The number of aryl methyl sites for hydroxylation is 1. The van der Waals surface area contributed by atoms with Crippen LogP contribution in [0.5, 0.6) is 5.75 Å². The van der Waals surface area contributed by atoms with Gasteiger partial charge in [-0.1, -0.05) is 54.6 Å². The fraction of sp³-hybridized carbons (Fsp3) is 0.259. The molecule has 0 spiro atoms. The first kappa shape index (κ1) is 21.1. The molecule has 0 fully saturated rings. The van der Waals surface area contributed by atoms with Gasteiger partial charge in [0, 0.05) is 5.92 Å². The van der Waals surface area contributed by atoms with E-state index in [2.05, 4.69) is 17.4 Å². The van der Waals surface area contributed by atoms with Crippen molar-refractivity contribution in [1.29, 1.82) is 0 Å². The number of nitrogens with one attached hydrogen (secondary N) is 1. The number of methoxy groups -OCH3 is 1. The van der Waals surface area contributed by atoms with Crippen molar-refractivity contribution < 1.29 is 24.2 Å². The van der Waals surface area contributed by atoms with Crippen LogP contribution in [0.15, 0.2) is 66.7 Å².